The van der Waals surface area contributed by atoms with Crippen molar-refractivity contribution in [2.75, 3.05) is 17.2 Å². The van der Waals surface area contributed by atoms with Gasteiger partial charge in [-0.2, -0.15) is 5.26 Å². The number of nitrogen functional groups attached to an aromatic ring is 1. The van der Waals surface area contributed by atoms with Gasteiger partial charge < -0.3 is 10.6 Å². The summed E-state index contributed by atoms with van der Waals surface area (Å²) in [7, 11) is -3.81. The lowest BCUT2D eigenvalue weighted by molar-refractivity contribution is 0.598. The van der Waals surface area contributed by atoms with E-state index in [1.807, 2.05) is 18.7 Å². The predicted molar refractivity (Wildman–Crippen MR) is 74.9 cm³/mol. The molecule has 0 saturated heterocycles. The number of hydrogen-bond acceptors (Lipinski definition) is 5. The molecule has 0 radical (unpaired) electrons. The zero-order chi connectivity index (χ0) is 14.6. The van der Waals surface area contributed by atoms with Crippen molar-refractivity contribution >= 4 is 21.4 Å². The fourth-order valence-electron chi connectivity index (χ4n) is 1.83. The summed E-state index contributed by atoms with van der Waals surface area (Å²) >= 11 is 0. The minimum absolute atomic E-state index is 0.0831. The maximum atomic E-state index is 11.3. The highest BCUT2D eigenvalue weighted by molar-refractivity contribution is 7.89. The first-order valence-corrected chi connectivity index (χ1v) is 7.38. The second kappa shape index (κ2) is 5.91. The van der Waals surface area contributed by atoms with Crippen molar-refractivity contribution in [1.29, 1.82) is 5.26 Å². The number of nitrogens with zero attached hydrogens (tertiary/aromatic N) is 2. The van der Waals surface area contributed by atoms with Gasteiger partial charge in [-0.1, -0.05) is 0 Å². The Balaban J connectivity index is 3.14. The number of benzene rings is 1. The fourth-order valence-corrected chi connectivity index (χ4v) is 2.47. The van der Waals surface area contributed by atoms with Crippen LogP contribution in [0.5, 0.6) is 0 Å². The quantitative estimate of drug-likeness (QED) is 0.783. The molecule has 0 heterocycles. The van der Waals surface area contributed by atoms with Gasteiger partial charge in [-0.3, -0.25) is 0 Å². The first-order valence-electron chi connectivity index (χ1n) is 5.83. The molecule has 0 aromatic heterocycles. The molecule has 0 saturated carbocycles. The Morgan fingerprint density at radius 2 is 2.05 bits per heavy atom. The number of anilines is 2. The van der Waals surface area contributed by atoms with Gasteiger partial charge in [0.25, 0.3) is 0 Å². The summed E-state index contributed by atoms with van der Waals surface area (Å²) in [6.07, 6.45) is 0.384. The van der Waals surface area contributed by atoms with Crippen LogP contribution in [0.2, 0.25) is 0 Å². The van der Waals surface area contributed by atoms with Gasteiger partial charge >= 0.3 is 0 Å². The van der Waals surface area contributed by atoms with Crippen LogP contribution in [0.15, 0.2) is 23.1 Å². The Kier molecular flexibility index (Phi) is 4.75. The normalized spacial score (nSPS) is 11.3. The Morgan fingerprint density at radius 1 is 1.42 bits per heavy atom. The minimum Gasteiger partial charge on any atom is -0.398 e. The van der Waals surface area contributed by atoms with Gasteiger partial charge in [-0.15, -0.1) is 0 Å². The Bertz CT molecular complexity index is 590. The van der Waals surface area contributed by atoms with Crippen LogP contribution in [-0.4, -0.2) is 21.0 Å². The van der Waals surface area contributed by atoms with E-state index in [1.165, 1.54) is 6.07 Å². The molecule has 7 heteroatoms. The number of sulfonamides is 1. The number of rotatable bonds is 5. The highest BCUT2D eigenvalue weighted by Crippen LogP contribution is 2.25. The van der Waals surface area contributed by atoms with Crippen LogP contribution < -0.4 is 15.8 Å². The van der Waals surface area contributed by atoms with Gasteiger partial charge in [0.05, 0.1) is 18.2 Å². The molecule has 0 bridgehead atoms. The molecule has 0 unspecified atom stereocenters. The summed E-state index contributed by atoms with van der Waals surface area (Å²) in [5.74, 6) is 0. The molecule has 0 spiro atoms. The van der Waals surface area contributed by atoms with E-state index in [-0.39, 0.29) is 16.6 Å². The van der Waals surface area contributed by atoms with Crippen LogP contribution in [0.3, 0.4) is 0 Å². The number of primary sulfonamides is 1. The highest BCUT2D eigenvalue weighted by atomic mass is 32.2. The zero-order valence-electron chi connectivity index (χ0n) is 11.0. The van der Waals surface area contributed by atoms with Crippen LogP contribution >= 0.6 is 0 Å². The third-order valence-electron chi connectivity index (χ3n) is 2.72. The van der Waals surface area contributed by atoms with Crippen LogP contribution in [0.1, 0.15) is 20.3 Å². The molecule has 1 aromatic carbocycles. The van der Waals surface area contributed by atoms with Crippen LogP contribution in [0.4, 0.5) is 11.4 Å². The first kappa shape index (κ1) is 15.3. The Labute approximate surface area is 113 Å². The maximum Gasteiger partial charge on any atom is 0.240 e. The topological polar surface area (TPSA) is 113 Å². The number of hydrogen-bond donors (Lipinski definition) is 2. The zero-order valence-corrected chi connectivity index (χ0v) is 11.8. The van der Waals surface area contributed by atoms with Gasteiger partial charge in [0.15, 0.2) is 0 Å². The Hall–Kier alpha value is -1.78. The summed E-state index contributed by atoms with van der Waals surface area (Å²) in [5.41, 5.74) is 6.61. The van der Waals surface area contributed by atoms with E-state index in [9.17, 15) is 8.42 Å². The van der Waals surface area contributed by atoms with Crippen molar-refractivity contribution in [3.05, 3.63) is 18.2 Å². The van der Waals surface area contributed by atoms with E-state index < -0.39 is 10.0 Å². The van der Waals surface area contributed by atoms with Crippen molar-refractivity contribution in [3.8, 4) is 6.07 Å². The average Bonchev–Trinajstić information content (AvgIpc) is 2.27. The lowest BCUT2D eigenvalue weighted by Crippen LogP contribution is -2.31. The van der Waals surface area contributed by atoms with E-state index in [4.69, 9.17) is 16.1 Å². The Morgan fingerprint density at radius 3 is 2.47 bits per heavy atom. The molecule has 1 aromatic rings. The van der Waals surface area contributed by atoms with Crippen molar-refractivity contribution < 1.29 is 8.42 Å². The van der Waals surface area contributed by atoms with Gasteiger partial charge in [0.2, 0.25) is 10.0 Å². The number of nitriles is 1. The van der Waals surface area contributed by atoms with Crippen molar-refractivity contribution in [3.63, 3.8) is 0 Å². The van der Waals surface area contributed by atoms with Crippen LogP contribution in [-0.2, 0) is 10.0 Å². The molecule has 0 amide bonds. The van der Waals surface area contributed by atoms with Crippen LogP contribution in [0.25, 0.3) is 0 Å². The van der Waals surface area contributed by atoms with Gasteiger partial charge in [-0.05, 0) is 32.0 Å². The molecular formula is C12H18N4O2S. The molecular weight excluding hydrogens is 264 g/mol. The molecule has 19 heavy (non-hydrogen) atoms. The third-order valence-corrected chi connectivity index (χ3v) is 3.70. The largest absolute Gasteiger partial charge is 0.398 e. The van der Waals surface area contributed by atoms with E-state index in [0.29, 0.717) is 13.0 Å². The highest BCUT2D eigenvalue weighted by Gasteiger charge is 2.16. The summed E-state index contributed by atoms with van der Waals surface area (Å²) in [6, 6.07) is 6.86. The second-order valence-corrected chi connectivity index (χ2v) is 5.99. The van der Waals surface area contributed by atoms with Crippen molar-refractivity contribution in [1.82, 2.24) is 0 Å². The molecule has 4 N–H and O–H groups in total. The van der Waals surface area contributed by atoms with Crippen molar-refractivity contribution in [2.45, 2.75) is 31.2 Å². The first-order chi connectivity index (χ1) is 8.77. The van der Waals surface area contributed by atoms with Gasteiger partial charge in [0, 0.05) is 18.3 Å². The summed E-state index contributed by atoms with van der Waals surface area (Å²) in [4.78, 5) is 1.90. The third kappa shape index (κ3) is 3.84. The fraction of sp³-hybridized carbons (Fsp3) is 0.417. The standard InChI is InChI=1S/C12H18N4O2S/c1-9(2)16(7-3-6-13)10-4-5-12(11(14)8-10)19(15,17)18/h4-5,8-9H,3,7,14H2,1-2H3,(H2,15,17,18). The molecule has 1 rings (SSSR count). The second-order valence-electron chi connectivity index (χ2n) is 4.46. The smallest absolute Gasteiger partial charge is 0.240 e. The maximum absolute atomic E-state index is 11.3. The van der Waals surface area contributed by atoms with Crippen molar-refractivity contribution in [2.24, 2.45) is 5.14 Å². The molecule has 0 aliphatic rings. The lowest BCUT2D eigenvalue weighted by Gasteiger charge is -2.28. The summed E-state index contributed by atoms with van der Waals surface area (Å²) in [6.45, 7) is 4.53. The molecule has 0 fully saturated rings. The van der Waals surface area contributed by atoms with Gasteiger partial charge in [-0.25, -0.2) is 13.6 Å². The van der Waals surface area contributed by atoms with E-state index in [1.54, 1.807) is 12.1 Å². The van der Waals surface area contributed by atoms with Crippen LogP contribution in [0, 0.1) is 11.3 Å². The monoisotopic (exact) mass is 282 g/mol. The summed E-state index contributed by atoms with van der Waals surface area (Å²) in [5, 5.41) is 13.7. The predicted octanol–water partition coefficient (Wildman–Crippen LogP) is 1.04. The van der Waals surface area contributed by atoms with E-state index in [0.717, 1.165) is 5.69 Å². The molecule has 0 atom stereocenters. The van der Waals surface area contributed by atoms with E-state index in [2.05, 4.69) is 6.07 Å². The minimum atomic E-state index is -3.81. The molecule has 6 nitrogen and oxygen atoms in total. The summed E-state index contributed by atoms with van der Waals surface area (Å²) < 4.78 is 22.6. The molecule has 104 valence electrons. The number of nitrogens with two attached hydrogens (primary N) is 2. The van der Waals surface area contributed by atoms with E-state index >= 15 is 0 Å². The van der Waals surface area contributed by atoms with Gasteiger partial charge in [0.1, 0.15) is 4.90 Å². The molecule has 0 aliphatic heterocycles. The lowest BCUT2D eigenvalue weighted by atomic mass is 10.2. The molecule has 0 aliphatic carbocycles. The SMILES string of the molecule is CC(C)N(CCC#N)c1ccc(S(N)(=O)=O)c(N)c1. The average molecular weight is 282 g/mol.